The minimum absolute atomic E-state index is 0.314. The molecule has 0 amide bonds. The number of rotatable bonds is 2. The third-order valence-electron chi connectivity index (χ3n) is 3.39. The summed E-state index contributed by atoms with van der Waals surface area (Å²) in [6.07, 6.45) is 4.94. The molecule has 0 aliphatic heterocycles. The van der Waals surface area contributed by atoms with Gasteiger partial charge in [0.05, 0.1) is 0 Å². The Morgan fingerprint density at radius 2 is 1.69 bits per heavy atom. The molecule has 3 N–H and O–H groups in total. The number of aryl methyl sites for hydroxylation is 2. The van der Waals surface area contributed by atoms with Crippen molar-refractivity contribution >= 4 is 5.69 Å². The lowest BCUT2D eigenvalue weighted by molar-refractivity contribution is 0.404. The van der Waals surface area contributed by atoms with Gasteiger partial charge < -0.3 is 11.1 Å². The molecule has 2 nitrogen and oxygen atoms in total. The number of hydrogen-bond acceptors (Lipinski definition) is 2. The highest BCUT2D eigenvalue weighted by Crippen LogP contribution is 2.22. The summed E-state index contributed by atoms with van der Waals surface area (Å²) >= 11 is 0. The molecule has 0 heterocycles. The van der Waals surface area contributed by atoms with Crippen LogP contribution < -0.4 is 11.1 Å². The third kappa shape index (κ3) is 2.76. The van der Waals surface area contributed by atoms with Crippen LogP contribution in [0.25, 0.3) is 0 Å². The Morgan fingerprint density at radius 1 is 1.06 bits per heavy atom. The van der Waals surface area contributed by atoms with Gasteiger partial charge in [-0.15, -0.1) is 0 Å². The molecule has 0 bridgehead atoms. The molecule has 0 aromatic heterocycles. The second kappa shape index (κ2) is 4.88. The van der Waals surface area contributed by atoms with E-state index in [-0.39, 0.29) is 0 Å². The van der Waals surface area contributed by atoms with Gasteiger partial charge in [-0.3, -0.25) is 0 Å². The van der Waals surface area contributed by atoms with E-state index in [1.807, 2.05) is 0 Å². The van der Waals surface area contributed by atoms with Crippen LogP contribution in [-0.4, -0.2) is 12.1 Å². The van der Waals surface area contributed by atoms with E-state index >= 15 is 0 Å². The molecule has 0 saturated heterocycles. The predicted octanol–water partition coefficient (Wildman–Crippen LogP) is 2.99. The van der Waals surface area contributed by atoms with Gasteiger partial charge in [-0.05, 0) is 49.9 Å². The van der Waals surface area contributed by atoms with Crippen molar-refractivity contribution in [2.75, 3.05) is 5.32 Å². The average molecular weight is 218 g/mol. The average Bonchev–Trinajstić information content (AvgIpc) is 2.20. The topological polar surface area (TPSA) is 38.0 Å². The van der Waals surface area contributed by atoms with Crippen molar-refractivity contribution in [3.05, 3.63) is 29.3 Å². The molecule has 16 heavy (non-hydrogen) atoms. The van der Waals surface area contributed by atoms with E-state index in [9.17, 15) is 0 Å². The molecule has 0 spiro atoms. The third-order valence-corrected chi connectivity index (χ3v) is 3.39. The van der Waals surface area contributed by atoms with Gasteiger partial charge in [-0.1, -0.05) is 18.9 Å². The predicted molar refractivity (Wildman–Crippen MR) is 69.8 cm³/mol. The van der Waals surface area contributed by atoms with Gasteiger partial charge in [-0.25, -0.2) is 0 Å². The molecule has 2 heteroatoms. The first-order valence-corrected chi connectivity index (χ1v) is 6.25. The number of hydrogen-bond donors (Lipinski definition) is 2. The van der Waals surface area contributed by atoms with E-state index in [0.29, 0.717) is 12.1 Å². The van der Waals surface area contributed by atoms with E-state index in [4.69, 9.17) is 5.73 Å². The van der Waals surface area contributed by atoms with Crippen molar-refractivity contribution < 1.29 is 0 Å². The first-order chi connectivity index (χ1) is 7.65. The van der Waals surface area contributed by atoms with Gasteiger partial charge in [-0.2, -0.15) is 0 Å². The minimum atomic E-state index is 0.314. The quantitative estimate of drug-likeness (QED) is 0.801. The summed E-state index contributed by atoms with van der Waals surface area (Å²) in [6, 6.07) is 7.37. The van der Waals surface area contributed by atoms with Crippen molar-refractivity contribution in [2.24, 2.45) is 5.73 Å². The molecule has 1 aromatic carbocycles. The van der Waals surface area contributed by atoms with Gasteiger partial charge in [0.1, 0.15) is 0 Å². The van der Waals surface area contributed by atoms with Gasteiger partial charge in [0.2, 0.25) is 0 Å². The second-order valence-electron chi connectivity index (χ2n) is 5.08. The minimum Gasteiger partial charge on any atom is -0.381 e. The Labute approximate surface area is 98.2 Å². The first-order valence-electron chi connectivity index (χ1n) is 6.25. The summed E-state index contributed by atoms with van der Waals surface area (Å²) < 4.78 is 0. The van der Waals surface area contributed by atoms with Gasteiger partial charge in [0.15, 0.2) is 0 Å². The molecule has 2 rings (SSSR count). The monoisotopic (exact) mass is 218 g/mol. The maximum Gasteiger partial charge on any atom is 0.0412 e. The van der Waals surface area contributed by atoms with Crippen molar-refractivity contribution in [3.63, 3.8) is 0 Å². The first kappa shape index (κ1) is 11.5. The van der Waals surface area contributed by atoms with Crippen LogP contribution in [0.3, 0.4) is 0 Å². The lowest BCUT2D eigenvalue weighted by Crippen LogP contribution is -2.42. The molecule has 1 fully saturated rings. The Balaban J connectivity index is 2.07. The summed E-state index contributed by atoms with van der Waals surface area (Å²) in [5, 5.41) is 3.59. The standard InChI is InChI=1S/C14H22N2/c1-10-7-11(2)9-12(8-10)16-14-6-4-3-5-13(14)15/h7-9,13-14,16H,3-6,15H2,1-2H3/t13-,14-/m0/s1. The summed E-state index contributed by atoms with van der Waals surface area (Å²) in [5.41, 5.74) is 9.99. The Hall–Kier alpha value is -1.02. The van der Waals surface area contributed by atoms with E-state index in [1.165, 1.54) is 36.1 Å². The zero-order chi connectivity index (χ0) is 11.5. The van der Waals surface area contributed by atoms with Crippen molar-refractivity contribution in [3.8, 4) is 0 Å². The number of anilines is 1. The second-order valence-corrected chi connectivity index (χ2v) is 5.08. The highest BCUT2D eigenvalue weighted by atomic mass is 15.0. The fourth-order valence-corrected chi connectivity index (χ4v) is 2.61. The van der Waals surface area contributed by atoms with Crippen molar-refractivity contribution in [2.45, 2.75) is 51.6 Å². The zero-order valence-electron chi connectivity index (χ0n) is 10.3. The van der Waals surface area contributed by atoms with E-state index in [2.05, 4.69) is 37.4 Å². The molecule has 88 valence electrons. The van der Waals surface area contributed by atoms with E-state index < -0.39 is 0 Å². The normalized spacial score (nSPS) is 25.4. The molecule has 1 saturated carbocycles. The summed E-state index contributed by atoms with van der Waals surface area (Å²) in [7, 11) is 0. The molecule has 1 aliphatic carbocycles. The molecule has 0 radical (unpaired) electrons. The van der Waals surface area contributed by atoms with Crippen LogP contribution in [0.5, 0.6) is 0 Å². The van der Waals surface area contributed by atoms with Crippen molar-refractivity contribution in [1.29, 1.82) is 0 Å². The summed E-state index contributed by atoms with van der Waals surface area (Å²) in [6.45, 7) is 4.28. The van der Waals surface area contributed by atoms with Gasteiger partial charge in [0.25, 0.3) is 0 Å². The summed E-state index contributed by atoms with van der Waals surface area (Å²) in [4.78, 5) is 0. The fraction of sp³-hybridized carbons (Fsp3) is 0.571. The molecular weight excluding hydrogens is 196 g/mol. The van der Waals surface area contributed by atoms with Crippen LogP contribution >= 0.6 is 0 Å². The Bertz CT molecular complexity index is 340. The molecule has 1 aromatic rings. The van der Waals surface area contributed by atoms with E-state index in [0.717, 1.165) is 6.42 Å². The molecule has 1 aliphatic rings. The maximum absolute atomic E-state index is 6.14. The lowest BCUT2D eigenvalue weighted by Gasteiger charge is -2.30. The van der Waals surface area contributed by atoms with Crippen molar-refractivity contribution in [1.82, 2.24) is 0 Å². The Kier molecular flexibility index (Phi) is 3.49. The number of benzene rings is 1. The van der Waals surface area contributed by atoms with E-state index in [1.54, 1.807) is 0 Å². The van der Waals surface area contributed by atoms with Crippen LogP contribution in [0.1, 0.15) is 36.8 Å². The maximum atomic E-state index is 6.14. The molecule has 0 unspecified atom stereocenters. The zero-order valence-corrected chi connectivity index (χ0v) is 10.3. The smallest absolute Gasteiger partial charge is 0.0412 e. The SMILES string of the molecule is Cc1cc(C)cc(N[C@H]2CCCC[C@@H]2N)c1. The summed E-state index contributed by atoms with van der Waals surface area (Å²) in [5.74, 6) is 0. The fourth-order valence-electron chi connectivity index (χ4n) is 2.61. The number of nitrogens with one attached hydrogen (secondary N) is 1. The van der Waals surface area contributed by atoms with Gasteiger partial charge in [0, 0.05) is 17.8 Å². The highest BCUT2D eigenvalue weighted by Gasteiger charge is 2.21. The van der Waals surface area contributed by atoms with Crippen LogP contribution in [-0.2, 0) is 0 Å². The largest absolute Gasteiger partial charge is 0.381 e. The highest BCUT2D eigenvalue weighted by molar-refractivity contribution is 5.49. The van der Waals surface area contributed by atoms with Crippen LogP contribution in [0.15, 0.2) is 18.2 Å². The van der Waals surface area contributed by atoms with Crippen LogP contribution in [0, 0.1) is 13.8 Å². The van der Waals surface area contributed by atoms with Gasteiger partial charge >= 0.3 is 0 Å². The Morgan fingerprint density at radius 3 is 2.31 bits per heavy atom. The molecule has 2 atom stereocenters. The number of nitrogens with two attached hydrogens (primary N) is 1. The lowest BCUT2D eigenvalue weighted by atomic mass is 9.91. The van der Waals surface area contributed by atoms with Crippen LogP contribution in [0.2, 0.25) is 0 Å². The molecular formula is C14H22N2. The van der Waals surface area contributed by atoms with Crippen LogP contribution in [0.4, 0.5) is 5.69 Å².